The lowest BCUT2D eigenvalue weighted by Crippen LogP contribution is -2.35. The molecule has 5 rings (SSSR count). The van der Waals surface area contributed by atoms with Crippen molar-refractivity contribution < 1.29 is 27.9 Å². The molecule has 0 aromatic carbocycles. The number of thiazole rings is 1. The van der Waals surface area contributed by atoms with Crippen LogP contribution in [0.5, 0.6) is 0 Å². The van der Waals surface area contributed by atoms with Crippen LogP contribution in [0.1, 0.15) is 85.2 Å². The lowest BCUT2D eigenvalue weighted by molar-refractivity contribution is -0.137. The molecule has 2 aliphatic carbocycles. The molecule has 0 spiro atoms. The Hall–Kier alpha value is -2.73. The summed E-state index contributed by atoms with van der Waals surface area (Å²) in [5, 5.41) is 15.4. The Morgan fingerprint density at radius 2 is 1.95 bits per heavy atom. The molecule has 3 heterocycles. The number of likely N-dealkylation sites (tertiary alicyclic amines) is 1. The zero-order valence-corrected chi connectivity index (χ0v) is 22.6. The zero-order chi connectivity index (χ0) is 27.7. The van der Waals surface area contributed by atoms with Gasteiger partial charge >= 0.3 is 6.18 Å². The molecule has 3 fully saturated rings. The van der Waals surface area contributed by atoms with Gasteiger partial charge in [0, 0.05) is 37.4 Å². The molecule has 2 amide bonds. The number of hydrogen-bond donors (Lipinski definition) is 3. The Bertz CT molecular complexity index is 1180. The van der Waals surface area contributed by atoms with Gasteiger partial charge in [0.15, 0.2) is 5.01 Å². The van der Waals surface area contributed by atoms with Crippen molar-refractivity contribution in [2.75, 3.05) is 25.0 Å². The van der Waals surface area contributed by atoms with Gasteiger partial charge in [-0.25, -0.2) is 9.97 Å². The Kier molecular flexibility index (Phi) is 8.32. The smallest absolute Gasteiger partial charge is 0.388 e. The summed E-state index contributed by atoms with van der Waals surface area (Å²) in [6.07, 6.45) is 1.18. The van der Waals surface area contributed by atoms with E-state index in [1.807, 2.05) is 20.8 Å². The van der Waals surface area contributed by atoms with E-state index in [4.69, 9.17) is 0 Å². The molecule has 12 heteroatoms. The van der Waals surface area contributed by atoms with Gasteiger partial charge in [0.05, 0.1) is 16.0 Å². The van der Waals surface area contributed by atoms with Crippen LogP contribution >= 0.6 is 11.3 Å². The number of pyridine rings is 1. The highest BCUT2D eigenvalue weighted by molar-refractivity contribution is 7.17. The van der Waals surface area contributed by atoms with Crippen LogP contribution in [-0.2, 0) is 6.18 Å². The summed E-state index contributed by atoms with van der Waals surface area (Å²) in [4.78, 5) is 36.1. The van der Waals surface area contributed by atoms with Crippen LogP contribution in [0.25, 0.3) is 10.4 Å². The summed E-state index contributed by atoms with van der Waals surface area (Å²) in [5.41, 5.74) is -2.36. The number of aromatic nitrogens is 2. The van der Waals surface area contributed by atoms with Crippen LogP contribution in [0.4, 0.5) is 19.0 Å². The van der Waals surface area contributed by atoms with Gasteiger partial charge < -0.3 is 20.6 Å². The minimum absolute atomic E-state index is 0.0178. The molecule has 38 heavy (non-hydrogen) atoms. The minimum Gasteiger partial charge on any atom is -0.388 e. The van der Waals surface area contributed by atoms with Crippen molar-refractivity contribution in [3.63, 3.8) is 0 Å². The quantitative estimate of drug-likeness (QED) is 0.427. The molecule has 208 valence electrons. The maximum atomic E-state index is 14.2. The highest BCUT2D eigenvalue weighted by Gasteiger charge is 2.41. The van der Waals surface area contributed by atoms with Crippen LogP contribution in [0.2, 0.25) is 0 Å². The van der Waals surface area contributed by atoms with Crippen LogP contribution in [0.3, 0.4) is 0 Å². The molecule has 3 N–H and O–H groups in total. The third-order valence-corrected chi connectivity index (χ3v) is 8.05. The first-order valence-corrected chi connectivity index (χ1v) is 14.0. The maximum absolute atomic E-state index is 14.2. The van der Waals surface area contributed by atoms with Gasteiger partial charge in [-0.05, 0) is 57.4 Å². The van der Waals surface area contributed by atoms with Crippen molar-refractivity contribution >= 4 is 29.0 Å². The van der Waals surface area contributed by atoms with Gasteiger partial charge in [0.1, 0.15) is 11.5 Å². The molecule has 3 aliphatic rings. The molecule has 1 saturated heterocycles. The van der Waals surface area contributed by atoms with Crippen molar-refractivity contribution in [3.8, 4) is 10.4 Å². The number of alkyl halides is 3. The average Bonchev–Trinajstić information content (AvgIpc) is 3.77. The van der Waals surface area contributed by atoms with E-state index in [0.29, 0.717) is 31.8 Å². The van der Waals surface area contributed by atoms with Crippen molar-refractivity contribution in [2.24, 2.45) is 5.92 Å². The van der Waals surface area contributed by atoms with Crippen LogP contribution in [0, 0.1) is 5.92 Å². The molecule has 1 unspecified atom stereocenters. The lowest BCUT2D eigenvalue weighted by atomic mass is 10.1. The Labute approximate surface area is 224 Å². The second-order valence-electron chi connectivity index (χ2n) is 10.0. The van der Waals surface area contributed by atoms with E-state index >= 15 is 0 Å². The molecule has 2 aromatic heterocycles. The van der Waals surface area contributed by atoms with E-state index in [-0.39, 0.29) is 39.5 Å². The fourth-order valence-corrected chi connectivity index (χ4v) is 5.29. The number of anilines is 1. The molecule has 1 atom stereocenters. The molecule has 2 aromatic rings. The number of rotatable bonds is 8. The second kappa shape index (κ2) is 11.2. The Morgan fingerprint density at radius 1 is 1.24 bits per heavy atom. The third kappa shape index (κ3) is 6.45. The Morgan fingerprint density at radius 3 is 2.53 bits per heavy atom. The average molecular weight is 554 g/mol. The molecular weight excluding hydrogens is 519 g/mol. The van der Waals surface area contributed by atoms with Crippen LogP contribution < -0.4 is 10.6 Å². The van der Waals surface area contributed by atoms with Gasteiger partial charge in [-0.1, -0.05) is 13.8 Å². The van der Waals surface area contributed by atoms with Crippen molar-refractivity contribution in [3.05, 3.63) is 28.5 Å². The number of nitrogens with zero attached hydrogens (tertiary/aromatic N) is 3. The van der Waals surface area contributed by atoms with E-state index in [2.05, 4.69) is 20.6 Å². The summed E-state index contributed by atoms with van der Waals surface area (Å²) >= 11 is 0.732. The van der Waals surface area contributed by atoms with Crippen LogP contribution in [0.15, 0.2) is 12.3 Å². The van der Waals surface area contributed by atoms with E-state index in [9.17, 15) is 27.9 Å². The van der Waals surface area contributed by atoms with Gasteiger partial charge in [0.25, 0.3) is 11.8 Å². The number of nitrogens with one attached hydrogen (secondary N) is 2. The summed E-state index contributed by atoms with van der Waals surface area (Å²) in [7, 11) is 0. The van der Waals surface area contributed by atoms with Crippen molar-refractivity contribution in [1.29, 1.82) is 0 Å². The maximum Gasteiger partial charge on any atom is 0.417 e. The summed E-state index contributed by atoms with van der Waals surface area (Å²) in [5.74, 6) is -0.586. The molecular formula is C26H34F3N5O3S. The van der Waals surface area contributed by atoms with Gasteiger partial charge in [-0.3, -0.25) is 9.59 Å². The summed E-state index contributed by atoms with van der Waals surface area (Å²) < 4.78 is 42.5. The lowest BCUT2D eigenvalue weighted by Gasteiger charge is -2.21. The monoisotopic (exact) mass is 553 g/mol. The number of amides is 2. The molecule has 0 radical (unpaired) electrons. The highest BCUT2D eigenvalue weighted by atomic mass is 32.1. The predicted molar refractivity (Wildman–Crippen MR) is 139 cm³/mol. The van der Waals surface area contributed by atoms with E-state index < -0.39 is 29.2 Å². The van der Waals surface area contributed by atoms with Crippen LogP contribution in [-0.4, -0.2) is 63.1 Å². The van der Waals surface area contributed by atoms with Gasteiger partial charge in [-0.2, -0.15) is 13.2 Å². The van der Waals surface area contributed by atoms with E-state index in [0.717, 1.165) is 49.3 Å². The highest BCUT2D eigenvalue weighted by Crippen LogP contribution is 2.42. The number of carbonyl (C=O) groups is 2. The fraction of sp³-hybridized carbons (Fsp3) is 0.615. The number of halogens is 3. The fourth-order valence-electron chi connectivity index (χ4n) is 4.30. The standard InChI is InChI=1S/C24H28F3N5O3S.C2H6/c1-13-3-2-8-32(13)22(34)18-19(36-21(31-18)20(33)30-12-23(35)6-7-23)15-11-29-17(28-10-14-4-5-14)9-16(15)24(25,26)27;1-2/h9,11,13-14,35H,2-8,10,12H2,1H3,(H,28,29)(H,30,33);1-2H3. The molecule has 1 aliphatic heterocycles. The topological polar surface area (TPSA) is 107 Å². The normalized spacial score (nSPS) is 20.0. The summed E-state index contributed by atoms with van der Waals surface area (Å²) in [6, 6.07) is 0.870. The van der Waals surface area contributed by atoms with Crippen molar-refractivity contribution in [2.45, 2.75) is 77.1 Å². The summed E-state index contributed by atoms with van der Waals surface area (Å²) in [6.45, 7) is 6.92. The van der Waals surface area contributed by atoms with Gasteiger partial charge in [-0.15, -0.1) is 11.3 Å². The second-order valence-corrected chi connectivity index (χ2v) is 11.0. The third-order valence-electron chi connectivity index (χ3n) is 6.97. The number of hydrogen-bond acceptors (Lipinski definition) is 7. The largest absolute Gasteiger partial charge is 0.417 e. The van der Waals surface area contributed by atoms with Crippen molar-refractivity contribution in [1.82, 2.24) is 20.2 Å². The molecule has 0 bridgehead atoms. The van der Waals surface area contributed by atoms with E-state index in [1.54, 1.807) is 4.90 Å². The van der Waals surface area contributed by atoms with Gasteiger partial charge in [0.2, 0.25) is 0 Å². The first kappa shape index (κ1) is 28.3. The minimum atomic E-state index is -4.71. The van der Waals surface area contributed by atoms with E-state index in [1.165, 1.54) is 0 Å². The Balaban J connectivity index is 0.00000164. The molecule has 8 nitrogen and oxygen atoms in total. The zero-order valence-electron chi connectivity index (χ0n) is 21.8. The number of aliphatic hydroxyl groups is 1. The predicted octanol–water partition coefficient (Wildman–Crippen LogP) is 4.95. The first-order chi connectivity index (χ1) is 18.0. The first-order valence-electron chi connectivity index (χ1n) is 13.2. The molecule has 2 saturated carbocycles. The number of carbonyl (C=O) groups excluding carboxylic acids is 2. The SMILES string of the molecule is CC.CC1CCCN1C(=O)c1nc(C(=O)NCC2(O)CC2)sc1-c1cnc(NCC2CC2)cc1C(F)(F)F.